The molecule has 0 aliphatic carbocycles. The summed E-state index contributed by atoms with van der Waals surface area (Å²) in [5.41, 5.74) is 6.39. The van der Waals surface area contributed by atoms with Crippen molar-refractivity contribution in [2.24, 2.45) is 10.7 Å². The average molecular weight is 413 g/mol. The van der Waals surface area contributed by atoms with Gasteiger partial charge in [-0.1, -0.05) is 0 Å². The number of hydrogen-bond acceptors (Lipinski definition) is 6. The first kappa shape index (κ1) is 20.6. The van der Waals surface area contributed by atoms with E-state index < -0.39 is 17.7 Å². The Morgan fingerprint density at radius 3 is 2.40 bits per heavy atom. The van der Waals surface area contributed by atoms with Gasteiger partial charge in [0.15, 0.2) is 5.54 Å². The molecule has 152 valence electrons. The lowest BCUT2D eigenvalue weighted by atomic mass is 10.1. The van der Waals surface area contributed by atoms with Crippen molar-refractivity contribution in [2.75, 3.05) is 0 Å². The van der Waals surface area contributed by atoms with E-state index in [4.69, 9.17) is 11.0 Å². The van der Waals surface area contributed by atoms with Crippen LogP contribution in [-0.4, -0.2) is 32.7 Å². The minimum atomic E-state index is -4.80. The Balaban J connectivity index is 1.82. The van der Waals surface area contributed by atoms with Gasteiger partial charge in [-0.3, -0.25) is 0 Å². The predicted octanol–water partition coefficient (Wildman–Crippen LogP) is 2.89. The maximum absolute atomic E-state index is 12.3. The number of ether oxygens (including phenoxy) is 1. The summed E-state index contributed by atoms with van der Waals surface area (Å²) in [7, 11) is 0. The van der Waals surface area contributed by atoms with Crippen molar-refractivity contribution in [1.29, 1.82) is 10.5 Å². The van der Waals surface area contributed by atoms with E-state index >= 15 is 0 Å². The molecule has 3 rings (SSSR count). The number of hydrogen-bond donors (Lipinski definition) is 1. The number of rotatable bonds is 5. The first-order valence-electron chi connectivity index (χ1n) is 8.48. The summed E-state index contributed by atoms with van der Waals surface area (Å²) < 4.78 is 40.6. The molecule has 1 aromatic heterocycles. The number of halogens is 3. The van der Waals surface area contributed by atoms with Crippen LogP contribution in [0.15, 0.2) is 47.5 Å². The molecular formula is C19H14F3N7O. The maximum atomic E-state index is 12.3. The molecule has 0 amide bonds. The minimum Gasteiger partial charge on any atom is -0.406 e. The van der Waals surface area contributed by atoms with Gasteiger partial charge in [-0.25, -0.2) is 4.99 Å². The highest BCUT2D eigenvalue weighted by Gasteiger charge is 2.31. The predicted molar refractivity (Wildman–Crippen MR) is 100 cm³/mol. The molecule has 0 saturated heterocycles. The number of amidine groups is 1. The van der Waals surface area contributed by atoms with Crippen LogP contribution in [0.25, 0.3) is 11.0 Å². The molecule has 0 saturated carbocycles. The Labute approximate surface area is 168 Å². The van der Waals surface area contributed by atoms with E-state index in [-0.39, 0.29) is 12.4 Å². The van der Waals surface area contributed by atoms with Crippen LogP contribution in [0.4, 0.5) is 13.2 Å². The Morgan fingerprint density at radius 2 is 1.80 bits per heavy atom. The Hall–Kier alpha value is -4.12. The van der Waals surface area contributed by atoms with E-state index in [2.05, 4.69) is 19.9 Å². The zero-order chi connectivity index (χ0) is 21.9. The molecule has 1 heterocycles. The van der Waals surface area contributed by atoms with Gasteiger partial charge >= 0.3 is 6.36 Å². The normalized spacial score (nSPS) is 14.0. The number of nitrogens with two attached hydrogens (primary N) is 1. The lowest BCUT2D eigenvalue weighted by molar-refractivity contribution is -0.274. The van der Waals surface area contributed by atoms with Crippen LogP contribution < -0.4 is 10.5 Å². The monoisotopic (exact) mass is 413 g/mol. The number of aromatic nitrogens is 3. The lowest BCUT2D eigenvalue weighted by Crippen LogP contribution is -2.31. The minimum absolute atomic E-state index is 0.0317. The van der Waals surface area contributed by atoms with Crippen LogP contribution in [0.2, 0.25) is 0 Å². The number of nitriles is 2. The molecule has 3 aromatic rings. The van der Waals surface area contributed by atoms with Crippen LogP contribution in [0, 0.1) is 22.7 Å². The first-order valence-corrected chi connectivity index (χ1v) is 8.48. The van der Waals surface area contributed by atoms with Gasteiger partial charge < -0.3 is 10.5 Å². The molecule has 0 fully saturated rings. The van der Waals surface area contributed by atoms with Crippen molar-refractivity contribution in [1.82, 2.24) is 15.0 Å². The van der Waals surface area contributed by atoms with Crippen molar-refractivity contribution in [2.45, 2.75) is 25.4 Å². The number of nitrogens with zero attached hydrogens (tertiary/aromatic N) is 6. The van der Waals surface area contributed by atoms with Crippen molar-refractivity contribution in [3.8, 4) is 17.9 Å². The zero-order valence-electron chi connectivity index (χ0n) is 15.6. The molecule has 0 aliphatic heterocycles. The van der Waals surface area contributed by atoms with Crippen molar-refractivity contribution >= 4 is 16.9 Å². The summed E-state index contributed by atoms with van der Waals surface area (Å²) in [6.07, 6.45) is -4.80. The average Bonchev–Trinajstić information content (AvgIpc) is 3.07. The molecule has 1 unspecified atom stereocenters. The molecule has 1 atom stereocenters. The molecule has 2 aromatic carbocycles. The molecule has 30 heavy (non-hydrogen) atoms. The number of aliphatic imine (C=N–C) groups is 1. The van der Waals surface area contributed by atoms with E-state index in [0.717, 1.165) is 12.1 Å². The quantitative estimate of drug-likeness (QED) is 0.506. The maximum Gasteiger partial charge on any atom is 0.573 e. The standard InChI is InChI=1S/C19H14F3N7O/c1-18(10-24,11-29-27-15-7-2-12(9-23)8-16(15)28-29)26-17(25)13-3-5-14(6-4-13)30-19(20,21)22/h2-8H,11H2,1H3,(H2,25,26). The van der Waals surface area contributed by atoms with Gasteiger partial charge in [0.2, 0.25) is 0 Å². The SMILES string of the molecule is CC(C#N)(Cn1nc2ccc(C#N)cc2n1)N=C(N)c1ccc(OC(F)(F)F)cc1. The van der Waals surface area contributed by atoms with Crippen molar-refractivity contribution < 1.29 is 17.9 Å². The van der Waals surface area contributed by atoms with Gasteiger partial charge in [-0.15, -0.1) is 13.2 Å². The molecule has 11 heteroatoms. The van der Waals surface area contributed by atoms with Gasteiger partial charge in [0.25, 0.3) is 0 Å². The van der Waals surface area contributed by atoms with Gasteiger partial charge in [0.1, 0.15) is 22.6 Å². The Bertz CT molecular complexity index is 1190. The highest BCUT2D eigenvalue weighted by molar-refractivity contribution is 5.98. The Morgan fingerprint density at radius 1 is 1.13 bits per heavy atom. The topological polar surface area (TPSA) is 126 Å². The highest BCUT2D eigenvalue weighted by Crippen LogP contribution is 2.23. The van der Waals surface area contributed by atoms with Gasteiger partial charge in [0.05, 0.1) is 24.2 Å². The van der Waals surface area contributed by atoms with Crippen molar-refractivity contribution in [3.05, 3.63) is 53.6 Å². The van der Waals surface area contributed by atoms with E-state index in [9.17, 15) is 18.4 Å². The molecule has 2 N–H and O–H groups in total. The summed E-state index contributed by atoms with van der Waals surface area (Å²) in [5, 5.41) is 27.1. The second-order valence-corrected chi connectivity index (χ2v) is 6.50. The second kappa shape index (κ2) is 7.72. The summed E-state index contributed by atoms with van der Waals surface area (Å²) in [6, 6.07) is 13.7. The third-order valence-corrected chi connectivity index (χ3v) is 3.99. The third-order valence-electron chi connectivity index (χ3n) is 3.99. The fourth-order valence-corrected chi connectivity index (χ4v) is 2.63. The molecular weight excluding hydrogens is 399 g/mol. The second-order valence-electron chi connectivity index (χ2n) is 6.50. The van der Waals surface area contributed by atoms with Crippen LogP contribution in [-0.2, 0) is 6.54 Å². The highest BCUT2D eigenvalue weighted by atomic mass is 19.4. The number of fused-ring (bicyclic) bond motifs is 1. The van der Waals surface area contributed by atoms with Crippen LogP contribution in [0.1, 0.15) is 18.1 Å². The lowest BCUT2D eigenvalue weighted by Gasteiger charge is -2.17. The van der Waals surface area contributed by atoms with Crippen LogP contribution >= 0.6 is 0 Å². The molecule has 0 radical (unpaired) electrons. The van der Waals surface area contributed by atoms with Crippen LogP contribution in [0.5, 0.6) is 5.75 Å². The number of benzene rings is 2. The first-order chi connectivity index (χ1) is 14.1. The van der Waals surface area contributed by atoms with E-state index in [1.165, 1.54) is 23.9 Å². The summed E-state index contributed by atoms with van der Waals surface area (Å²) in [5.74, 6) is -0.438. The third kappa shape index (κ3) is 4.83. The van der Waals surface area contributed by atoms with Gasteiger partial charge in [-0.2, -0.15) is 25.5 Å². The van der Waals surface area contributed by atoms with Gasteiger partial charge in [0, 0.05) is 5.56 Å². The molecule has 0 aliphatic rings. The van der Waals surface area contributed by atoms with E-state index in [0.29, 0.717) is 22.2 Å². The van der Waals surface area contributed by atoms with E-state index in [1.807, 2.05) is 12.1 Å². The van der Waals surface area contributed by atoms with Crippen LogP contribution in [0.3, 0.4) is 0 Å². The van der Waals surface area contributed by atoms with Gasteiger partial charge in [-0.05, 0) is 49.4 Å². The molecule has 0 spiro atoms. The van der Waals surface area contributed by atoms with E-state index in [1.54, 1.807) is 18.2 Å². The molecule has 0 bridgehead atoms. The molecule has 8 nitrogen and oxygen atoms in total. The smallest absolute Gasteiger partial charge is 0.406 e. The van der Waals surface area contributed by atoms with Crippen molar-refractivity contribution in [3.63, 3.8) is 0 Å². The fourth-order valence-electron chi connectivity index (χ4n) is 2.63. The zero-order valence-corrected chi connectivity index (χ0v) is 15.6. The largest absolute Gasteiger partial charge is 0.573 e. The fraction of sp³-hybridized carbons (Fsp3) is 0.211. The number of alkyl halides is 3. The summed E-state index contributed by atoms with van der Waals surface area (Å²) in [4.78, 5) is 5.50. The summed E-state index contributed by atoms with van der Waals surface area (Å²) in [6.45, 7) is 1.49. The summed E-state index contributed by atoms with van der Waals surface area (Å²) >= 11 is 0. The Kier molecular flexibility index (Phi) is 5.30.